The van der Waals surface area contributed by atoms with Gasteiger partial charge < -0.3 is 5.32 Å². The Morgan fingerprint density at radius 1 is 1.17 bits per heavy atom. The van der Waals surface area contributed by atoms with Crippen LogP contribution in [-0.2, 0) is 5.41 Å². The van der Waals surface area contributed by atoms with Gasteiger partial charge in [-0.2, -0.15) is 0 Å². The summed E-state index contributed by atoms with van der Waals surface area (Å²) in [4.78, 5) is 0. The van der Waals surface area contributed by atoms with Crippen LogP contribution in [0.5, 0.6) is 0 Å². The molecule has 1 heterocycles. The van der Waals surface area contributed by atoms with Crippen molar-refractivity contribution in [3.63, 3.8) is 0 Å². The summed E-state index contributed by atoms with van der Waals surface area (Å²) in [5.74, 6) is 0.896. The molecule has 0 saturated carbocycles. The maximum atomic E-state index is 3.49. The maximum Gasteiger partial charge on any atom is 0.0205 e. The van der Waals surface area contributed by atoms with Crippen molar-refractivity contribution in [1.29, 1.82) is 0 Å². The van der Waals surface area contributed by atoms with Crippen LogP contribution < -0.4 is 5.32 Å². The Balaban J connectivity index is 2.04. The quantitative estimate of drug-likeness (QED) is 0.761. The monoisotopic (exact) mass is 245 g/mol. The van der Waals surface area contributed by atoms with E-state index in [9.17, 15) is 0 Å². The second-order valence-electron chi connectivity index (χ2n) is 5.87. The van der Waals surface area contributed by atoms with E-state index >= 15 is 0 Å². The van der Waals surface area contributed by atoms with Gasteiger partial charge in [-0.15, -0.1) is 0 Å². The molecule has 100 valence electrons. The van der Waals surface area contributed by atoms with Crippen LogP contribution in [0.1, 0.15) is 51.5 Å². The molecule has 1 aliphatic rings. The fourth-order valence-corrected chi connectivity index (χ4v) is 3.18. The molecule has 2 rings (SSSR count). The zero-order valence-corrected chi connectivity index (χ0v) is 11.9. The Kier molecular flexibility index (Phi) is 4.82. The largest absolute Gasteiger partial charge is 0.315 e. The first-order valence-electron chi connectivity index (χ1n) is 7.57. The van der Waals surface area contributed by atoms with E-state index < -0.39 is 0 Å². The van der Waals surface area contributed by atoms with E-state index in [1.165, 1.54) is 45.2 Å². The van der Waals surface area contributed by atoms with Crippen LogP contribution >= 0.6 is 0 Å². The highest BCUT2D eigenvalue weighted by Gasteiger charge is 2.39. The molecule has 1 fully saturated rings. The topological polar surface area (TPSA) is 12.0 Å². The van der Waals surface area contributed by atoms with E-state index in [0.29, 0.717) is 5.41 Å². The van der Waals surface area contributed by atoms with E-state index in [4.69, 9.17) is 0 Å². The lowest BCUT2D eigenvalue weighted by atomic mass is 9.68. The molecule has 1 aliphatic heterocycles. The number of rotatable bonds is 7. The van der Waals surface area contributed by atoms with Crippen molar-refractivity contribution in [2.45, 2.75) is 51.4 Å². The SMILES string of the molecule is CCCCC(CC)CC1(c2ccccc2)CNC1. The van der Waals surface area contributed by atoms with E-state index in [1.807, 2.05) is 0 Å². The van der Waals surface area contributed by atoms with Crippen molar-refractivity contribution in [2.75, 3.05) is 13.1 Å². The highest BCUT2D eigenvalue weighted by atomic mass is 15.0. The molecular weight excluding hydrogens is 218 g/mol. The first kappa shape index (κ1) is 13.6. The predicted molar refractivity (Wildman–Crippen MR) is 78.9 cm³/mol. The van der Waals surface area contributed by atoms with Crippen LogP contribution in [0, 0.1) is 5.92 Å². The third-order valence-corrected chi connectivity index (χ3v) is 4.54. The van der Waals surface area contributed by atoms with Crippen LogP contribution in [0.4, 0.5) is 0 Å². The zero-order chi connectivity index (χ0) is 12.8. The van der Waals surface area contributed by atoms with Crippen LogP contribution in [-0.4, -0.2) is 13.1 Å². The van der Waals surface area contributed by atoms with Crippen LogP contribution in [0.25, 0.3) is 0 Å². The van der Waals surface area contributed by atoms with Gasteiger partial charge in [-0.3, -0.25) is 0 Å². The first-order valence-corrected chi connectivity index (χ1v) is 7.57. The molecule has 1 unspecified atom stereocenters. The summed E-state index contributed by atoms with van der Waals surface area (Å²) < 4.78 is 0. The summed E-state index contributed by atoms with van der Waals surface area (Å²) in [6.07, 6.45) is 6.81. The van der Waals surface area contributed by atoms with Gasteiger partial charge in [-0.05, 0) is 17.9 Å². The third-order valence-electron chi connectivity index (χ3n) is 4.54. The fraction of sp³-hybridized carbons (Fsp3) is 0.647. The van der Waals surface area contributed by atoms with Crippen molar-refractivity contribution >= 4 is 0 Å². The Bertz CT molecular complexity index is 340. The summed E-state index contributed by atoms with van der Waals surface area (Å²) in [5.41, 5.74) is 1.97. The summed E-state index contributed by atoms with van der Waals surface area (Å²) >= 11 is 0. The molecule has 0 amide bonds. The van der Waals surface area contributed by atoms with E-state index in [0.717, 1.165) is 5.92 Å². The van der Waals surface area contributed by atoms with Crippen LogP contribution in [0.3, 0.4) is 0 Å². The molecule has 0 aliphatic carbocycles. The van der Waals surface area contributed by atoms with Gasteiger partial charge in [-0.25, -0.2) is 0 Å². The molecule has 1 nitrogen and oxygen atoms in total. The van der Waals surface area contributed by atoms with E-state index in [-0.39, 0.29) is 0 Å². The molecule has 0 aromatic heterocycles. The lowest BCUT2D eigenvalue weighted by Gasteiger charge is -2.45. The molecule has 18 heavy (non-hydrogen) atoms. The highest BCUT2D eigenvalue weighted by Crippen LogP contribution is 2.37. The standard InChI is InChI=1S/C17H27N/c1-3-5-9-15(4-2)12-17(13-18-14-17)16-10-7-6-8-11-16/h6-8,10-11,15,18H,3-5,9,12-14H2,1-2H3. The third kappa shape index (κ3) is 2.95. The number of unbranched alkanes of at least 4 members (excludes halogenated alkanes) is 1. The van der Waals surface area contributed by atoms with Gasteiger partial charge in [0.25, 0.3) is 0 Å². The van der Waals surface area contributed by atoms with Crippen molar-refractivity contribution < 1.29 is 0 Å². The van der Waals surface area contributed by atoms with Crippen LogP contribution in [0.2, 0.25) is 0 Å². The summed E-state index contributed by atoms with van der Waals surface area (Å²) in [5, 5.41) is 3.49. The molecule has 1 saturated heterocycles. The van der Waals surface area contributed by atoms with Crippen molar-refractivity contribution in [3.05, 3.63) is 35.9 Å². The van der Waals surface area contributed by atoms with Crippen LogP contribution in [0.15, 0.2) is 30.3 Å². The molecule has 1 aromatic rings. The summed E-state index contributed by atoms with van der Waals surface area (Å²) in [7, 11) is 0. The van der Waals surface area contributed by atoms with Crippen molar-refractivity contribution in [3.8, 4) is 0 Å². The molecule has 0 bridgehead atoms. The number of hydrogen-bond donors (Lipinski definition) is 1. The number of nitrogens with one attached hydrogen (secondary N) is 1. The molecule has 1 heteroatoms. The van der Waals surface area contributed by atoms with Crippen molar-refractivity contribution in [2.24, 2.45) is 5.92 Å². The minimum Gasteiger partial charge on any atom is -0.315 e. The Hall–Kier alpha value is -0.820. The zero-order valence-electron chi connectivity index (χ0n) is 11.9. The average Bonchev–Trinajstić information content (AvgIpc) is 2.38. The smallest absolute Gasteiger partial charge is 0.0205 e. The number of hydrogen-bond acceptors (Lipinski definition) is 1. The highest BCUT2D eigenvalue weighted by molar-refractivity contribution is 5.29. The van der Waals surface area contributed by atoms with E-state index in [2.05, 4.69) is 49.5 Å². The van der Waals surface area contributed by atoms with Gasteiger partial charge in [-0.1, -0.05) is 69.9 Å². The Morgan fingerprint density at radius 2 is 1.89 bits per heavy atom. The normalized spacial score (nSPS) is 19.2. The predicted octanol–water partition coefficient (Wildman–Crippen LogP) is 4.13. The molecule has 0 spiro atoms. The second kappa shape index (κ2) is 6.38. The Labute approximate surface area is 112 Å². The lowest BCUT2D eigenvalue weighted by molar-refractivity contribution is 0.206. The molecule has 0 radical (unpaired) electrons. The summed E-state index contributed by atoms with van der Waals surface area (Å²) in [6.45, 7) is 6.98. The molecule has 1 aromatic carbocycles. The van der Waals surface area contributed by atoms with Gasteiger partial charge >= 0.3 is 0 Å². The van der Waals surface area contributed by atoms with Gasteiger partial charge in [0.2, 0.25) is 0 Å². The molecule has 1 atom stereocenters. The maximum absolute atomic E-state index is 3.49. The fourth-order valence-electron chi connectivity index (χ4n) is 3.18. The van der Waals surface area contributed by atoms with Gasteiger partial charge in [0.05, 0.1) is 0 Å². The minimum atomic E-state index is 0.426. The second-order valence-corrected chi connectivity index (χ2v) is 5.87. The van der Waals surface area contributed by atoms with Crippen molar-refractivity contribution in [1.82, 2.24) is 5.32 Å². The minimum absolute atomic E-state index is 0.426. The van der Waals surface area contributed by atoms with Gasteiger partial charge in [0.15, 0.2) is 0 Å². The molecular formula is C17H27N. The number of benzene rings is 1. The Morgan fingerprint density at radius 3 is 2.39 bits per heavy atom. The average molecular weight is 245 g/mol. The summed E-state index contributed by atoms with van der Waals surface area (Å²) in [6, 6.07) is 11.1. The van der Waals surface area contributed by atoms with Gasteiger partial charge in [0, 0.05) is 18.5 Å². The lowest BCUT2D eigenvalue weighted by Crippen LogP contribution is -2.57. The van der Waals surface area contributed by atoms with Gasteiger partial charge in [0.1, 0.15) is 0 Å². The molecule has 1 N–H and O–H groups in total. The first-order chi connectivity index (χ1) is 8.80. The van der Waals surface area contributed by atoms with E-state index in [1.54, 1.807) is 5.56 Å².